The number of para-hydroxylation sites is 1. The zero-order valence-electron chi connectivity index (χ0n) is 19.1. The van der Waals surface area contributed by atoms with Crippen LogP contribution in [0.25, 0.3) is 10.9 Å². The van der Waals surface area contributed by atoms with E-state index >= 15 is 0 Å². The van der Waals surface area contributed by atoms with Gasteiger partial charge in [-0.25, -0.2) is 12.2 Å². The molecule has 0 atom stereocenters. The number of benzene rings is 1. The average Bonchev–Trinajstić information content (AvgIpc) is 3.15. The molecule has 0 fully saturated rings. The first-order valence-electron chi connectivity index (χ1n) is 6.37. The van der Waals surface area contributed by atoms with Crippen LogP contribution in [0.1, 0.15) is 27.2 Å². The van der Waals surface area contributed by atoms with Crippen LogP contribution in [-0.2, 0) is 19.2 Å². The van der Waals surface area contributed by atoms with E-state index in [9.17, 15) is 0 Å². The number of aromatic nitrogens is 1. The fourth-order valence-corrected chi connectivity index (χ4v) is 1.27. The Kier molecular flexibility index (Phi) is 83.1. The van der Waals surface area contributed by atoms with E-state index in [2.05, 4.69) is 57.8 Å². The molecule has 168 valence electrons. The number of halogens is 2. The van der Waals surface area contributed by atoms with E-state index in [1.165, 1.54) is 11.3 Å². The van der Waals surface area contributed by atoms with Crippen LogP contribution in [-0.4, -0.2) is 12.6 Å². The summed E-state index contributed by atoms with van der Waals surface area (Å²) in [5, 5.41) is 1.22. The van der Waals surface area contributed by atoms with E-state index < -0.39 is 0 Å². The van der Waals surface area contributed by atoms with Gasteiger partial charge in [0.25, 0.3) is 0 Å². The Bertz CT molecular complexity index is 483. The van der Waals surface area contributed by atoms with Gasteiger partial charge in [0.1, 0.15) is 0 Å². The van der Waals surface area contributed by atoms with Gasteiger partial charge in [-0.1, -0.05) is 12.1 Å². The summed E-state index contributed by atoms with van der Waals surface area (Å²) in [4.78, 5) is 2.99. The number of nitrogens with one attached hydrogen (secondary N) is 1. The van der Waals surface area contributed by atoms with Gasteiger partial charge >= 0.3 is 26.8 Å². The Hall–Kier alpha value is -0.249. The predicted octanol–water partition coefficient (Wildman–Crippen LogP) is 8.06. The molecule has 1 aliphatic rings. The summed E-state index contributed by atoms with van der Waals surface area (Å²) in [6, 6.07) is 10.1. The van der Waals surface area contributed by atoms with Gasteiger partial charge in [-0.2, -0.15) is 38.3 Å². The molecule has 1 nitrogen and oxygen atoms in total. The Morgan fingerprint density at radius 3 is 1.71 bits per heavy atom. The maximum absolute atomic E-state index is 2.99. The molecule has 0 unspecified atom stereocenters. The minimum atomic E-state index is 0. The van der Waals surface area contributed by atoms with E-state index in [0.29, 0.717) is 0 Å². The largest absolute Gasteiger partial charge is 0.477 e. The van der Waals surface area contributed by atoms with Crippen molar-refractivity contribution in [2.24, 2.45) is 0 Å². The summed E-state index contributed by atoms with van der Waals surface area (Å²) < 4.78 is 0. The molecule has 28 heavy (non-hydrogen) atoms. The van der Waals surface area contributed by atoms with Crippen molar-refractivity contribution in [2.45, 2.75) is 27.2 Å². The minimum absolute atomic E-state index is 0. The number of fused-ring (bicyclic) bond motifs is 1. The van der Waals surface area contributed by atoms with Crippen LogP contribution in [0.3, 0.4) is 0 Å². The molecular formula is C23H40Cl2NSiTi-9. The van der Waals surface area contributed by atoms with Gasteiger partial charge in [0.05, 0.1) is 0 Å². The fraction of sp³-hybridized carbons (Fsp3) is 0.174. The first kappa shape index (κ1) is 56.5. The molecule has 0 saturated heterocycles. The molecule has 2 aromatic rings. The molecule has 1 aliphatic carbocycles. The van der Waals surface area contributed by atoms with Crippen LogP contribution in [0.5, 0.6) is 0 Å². The summed E-state index contributed by atoms with van der Waals surface area (Å²) in [7, 11) is 2.97. The quantitative estimate of drug-likeness (QED) is 0.292. The third kappa shape index (κ3) is 33.3. The molecule has 3 rings (SSSR count). The van der Waals surface area contributed by atoms with Crippen molar-refractivity contribution >= 4 is 43.3 Å². The monoisotopic (exact) mass is 476 g/mol. The first-order chi connectivity index (χ1) is 9.70. The third-order valence-corrected chi connectivity index (χ3v) is 1.98. The summed E-state index contributed by atoms with van der Waals surface area (Å²) in [6.45, 7) is 6.25. The van der Waals surface area contributed by atoms with E-state index in [1.54, 1.807) is 19.2 Å². The predicted molar refractivity (Wildman–Crippen MR) is 138 cm³/mol. The van der Waals surface area contributed by atoms with Crippen molar-refractivity contribution in [3.05, 3.63) is 111 Å². The molecule has 1 N–H and O–H groups in total. The molecule has 2 radical (unpaired) electrons. The summed E-state index contributed by atoms with van der Waals surface area (Å²) >= 11 is 1.81. The molecule has 1 aromatic carbocycles. The number of aromatic amines is 1. The third-order valence-electron chi connectivity index (χ3n) is 1.98. The van der Waals surface area contributed by atoms with E-state index in [-0.39, 0.29) is 69.4 Å². The Balaban J connectivity index is -0.0000000246. The summed E-state index contributed by atoms with van der Waals surface area (Å²) in [5.74, 6) is 1.42. The van der Waals surface area contributed by atoms with E-state index in [1.807, 2.05) is 36.4 Å². The van der Waals surface area contributed by atoms with Gasteiger partial charge < -0.3 is 55.5 Å². The van der Waals surface area contributed by atoms with E-state index in [0.717, 1.165) is 11.9 Å². The van der Waals surface area contributed by atoms with Crippen LogP contribution < -0.4 is 0 Å². The molecule has 5 heteroatoms. The molecule has 0 amide bonds. The summed E-state index contributed by atoms with van der Waals surface area (Å²) in [5.41, 5.74) is 1.15. The van der Waals surface area contributed by atoms with Crippen LogP contribution in [0, 0.1) is 62.8 Å². The Morgan fingerprint density at radius 2 is 1.39 bits per heavy atom. The first-order valence-corrected chi connectivity index (χ1v) is 9.21. The summed E-state index contributed by atoms with van der Waals surface area (Å²) in [6.07, 6.45) is 12.9. The molecule has 0 aliphatic heterocycles. The number of H-pyrrole nitrogens is 1. The molecule has 0 bridgehead atoms. The second-order valence-corrected chi connectivity index (χ2v) is 4.50. The molecule has 1 heterocycles. The van der Waals surface area contributed by atoms with Crippen molar-refractivity contribution in [3.8, 4) is 0 Å². The Labute approximate surface area is 205 Å². The standard InChI is InChI=1S/C8H6N.C5H5.C4H9.6CH3.2ClH.Si.Ti/c1-2-4-8-7(3-1)5-6-9-8;1-2-4-5-3-1;1-4(2)3;;;;;;;;;;/h1-5,9H;1-3H,4H2;1-3H3;6*1H3;2*1H;;/q9*-1;;;;. The molecule has 0 saturated carbocycles. The number of hydrogen-bond acceptors (Lipinski definition) is 0. The van der Waals surface area contributed by atoms with Crippen LogP contribution in [0.15, 0.2) is 48.6 Å². The minimum Gasteiger partial charge on any atom is -0.477 e. The maximum Gasteiger partial charge on any atom is -0.0745 e. The SMILES string of the molecule is C[C-](C)C.Cl.Cl.[C-]1=CC=CC1.[CH3-].[CH3-].[CH3-].[CH3-].[CH3-].[CH3-].[Si]=[Ti].[c-]1cc2ccccc2[nH]1. The van der Waals surface area contributed by atoms with Gasteiger partial charge in [-0.15, -0.1) is 55.1 Å². The van der Waals surface area contributed by atoms with Gasteiger partial charge in [0.2, 0.25) is 0 Å². The van der Waals surface area contributed by atoms with E-state index in [4.69, 9.17) is 0 Å². The number of hydrogen-bond donors (Lipinski definition) is 1. The maximum atomic E-state index is 2.99. The number of rotatable bonds is 0. The van der Waals surface area contributed by atoms with Crippen LogP contribution in [0.2, 0.25) is 0 Å². The Morgan fingerprint density at radius 1 is 0.929 bits per heavy atom. The zero-order chi connectivity index (χ0) is 15.2. The molecule has 1 aromatic heterocycles. The van der Waals surface area contributed by atoms with Crippen molar-refractivity contribution < 1.29 is 19.2 Å². The van der Waals surface area contributed by atoms with Gasteiger partial charge in [0.15, 0.2) is 0 Å². The van der Waals surface area contributed by atoms with Crippen molar-refractivity contribution in [1.82, 2.24) is 4.98 Å². The second kappa shape index (κ2) is 41.2. The average molecular weight is 477 g/mol. The van der Waals surface area contributed by atoms with Gasteiger partial charge in [-0.05, 0) is 0 Å². The van der Waals surface area contributed by atoms with Crippen LogP contribution >= 0.6 is 24.8 Å². The molecular weight excluding hydrogens is 437 g/mol. The van der Waals surface area contributed by atoms with Crippen LogP contribution in [0.4, 0.5) is 0 Å². The smallest absolute Gasteiger partial charge is 0.0745 e. The van der Waals surface area contributed by atoms with Crippen molar-refractivity contribution in [3.63, 3.8) is 0 Å². The van der Waals surface area contributed by atoms with Gasteiger partial charge in [0, 0.05) is 0 Å². The zero-order valence-corrected chi connectivity index (χ0v) is 23.3. The number of allylic oxidation sites excluding steroid dienone is 4. The normalized spacial score (nSPS) is 7.82. The van der Waals surface area contributed by atoms with Gasteiger partial charge in [-0.3, -0.25) is 6.08 Å². The molecule has 0 spiro atoms. The second-order valence-electron chi connectivity index (χ2n) is 4.50. The van der Waals surface area contributed by atoms with Crippen molar-refractivity contribution in [2.75, 3.05) is 0 Å². The van der Waals surface area contributed by atoms with Crippen molar-refractivity contribution in [1.29, 1.82) is 0 Å². The topological polar surface area (TPSA) is 15.8 Å². The fourth-order valence-electron chi connectivity index (χ4n) is 1.27.